The third-order valence-corrected chi connectivity index (χ3v) is 5.84. The zero-order valence-corrected chi connectivity index (χ0v) is 21.1. The Kier molecular flexibility index (Phi) is 9.02. The number of hydrogen-bond acceptors (Lipinski definition) is 9. The summed E-state index contributed by atoms with van der Waals surface area (Å²) in [7, 11) is 1.23. The Morgan fingerprint density at radius 1 is 1.05 bits per heavy atom. The molecule has 37 heavy (non-hydrogen) atoms. The molecule has 10 nitrogen and oxygen atoms in total. The molecule has 1 heterocycles. The van der Waals surface area contributed by atoms with Crippen LogP contribution in [-0.2, 0) is 25.5 Å². The van der Waals surface area contributed by atoms with Crippen LogP contribution in [0.4, 0.5) is 5.69 Å². The van der Waals surface area contributed by atoms with E-state index in [1.807, 2.05) is 12.1 Å². The van der Waals surface area contributed by atoms with Gasteiger partial charge in [0.1, 0.15) is 19.0 Å². The molecule has 2 aromatic rings. The molecule has 0 aromatic heterocycles. The molecular formula is C27H30N2O8. The maximum atomic E-state index is 13.2. The molecule has 0 radical (unpaired) electrons. The number of nitro groups is 1. The lowest BCUT2D eigenvalue weighted by molar-refractivity contribution is -0.384. The van der Waals surface area contributed by atoms with Crippen molar-refractivity contribution in [3.63, 3.8) is 0 Å². The van der Waals surface area contributed by atoms with Crippen LogP contribution in [0.5, 0.6) is 5.75 Å². The summed E-state index contributed by atoms with van der Waals surface area (Å²) in [6.07, 6.45) is 0.0931. The monoisotopic (exact) mass is 510 g/mol. The van der Waals surface area contributed by atoms with E-state index in [9.17, 15) is 24.8 Å². The van der Waals surface area contributed by atoms with Crippen LogP contribution in [0.3, 0.4) is 0 Å². The number of aliphatic hydroxyl groups excluding tert-OH is 1. The van der Waals surface area contributed by atoms with Gasteiger partial charge in [-0.1, -0.05) is 24.3 Å². The minimum atomic E-state index is -0.927. The van der Waals surface area contributed by atoms with E-state index in [1.54, 1.807) is 39.0 Å². The SMILES string of the molecule is COC(=O)C1=C(C)NC(C)=C(C(=O)OCCOc2ccc(CC(C)O)cc2)C1c1cccc([N+](=O)[O-])c1. The highest BCUT2D eigenvalue weighted by atomic mass is 16.6. The highest BCUT2D eigenvalue weighted by Gasteiger charge is 2.38. The van der Waals surface area contributed by atoms with Crippen LogP contribution in [0.1, 0.15) is 37.8 Å². The highest BCUT2D eigenvalue weighted by molar-refractivity contribution is 5.99. The largest absolute Gasteiger partial charge is 0.490 e. The molecule has 0 saturated carbocycles. The van der Waals surface area contributed by atoms with Gasteiger partial charge in [0, 0.05) is 23.5 Å². The van der Waals surface area contributed by atoms with Crippen LogP contribution in [0.2, 0.25) is 0 Å². The van der Waals surface area contributed by atoms with Gasteiger partial charge < -0.3 is 24.6 Å². The Bertz CT molecular complexity index is 1230. The summed E-state index contributed by atoms with van der Waals surface area (Å²) in [5, 5.41) is 23.9. The summed E-state index contributed by atoms with van der Waals surface area (Å²) >= 11 is 0. The zero-order chi connectivity index (χ0) is 27.1. The predicted octanol–water partition coefficient (Wildman–Crippen LogP) is 3.55. The number of aliphatic hydroxyl groups is 1. The molecule has 0 amide bonds. The summed E-state index contributed by atoms with van der Waals surface area (Å²) in [6.45, 7) is 5.07. The number of allylic oxidation sites excluding steroid dienone is 2. The number of ether oxygens (including phenoxy) is 3. The van der Waals surface area contributed by atoms with E-state index in [2.05, 4.69) is 5.32 Å². The number of hydrogen-bond donors (Lipinski definition) is 2. The summed E-state index contributed by atoms with van der Waals surface area (Å²) in [6, 6.07) is 13.0. The molecular weight excluding hydrogens is 480 g/mol. The van der Waals surface area contributed by atoms with Crippen LogP contribution in [0, 0.1) is 10.1 Å². The number of nitro benzene ring substituents is 1. The van der Waals surface area contributed by atoms with Gasteiger partial charge >= 0.3 is 11.9 Å². The second-order valence-corrected chi connectivity index (χ2v) is 8.66. The van der Waals surface area contributed by atoms with E-state index in [-0.39, 0.29) is 30.0 Å². The zero-order valence-electron chi connectivity index (χ0n) is 21.1. The number of carbonyl (C=O) groups excluding carboxylic acids is 2. The fourth-order valence-electron chi connectivity index (χ4n) is 4.23. The van der Waals surface area contributed by atoms with Crippen LogP contribution in [-0.4, -0.2) is 48.4 Å². The molecule has 196 valence electrons. The number of carbonyl (C=O) groups is 2. The second kappa shape index (κ2) is 12.2. The number of dihydropyridines is 1. The summed E-state index contributed by atoms with van der Waals surface area (Å²) in [4.78, 5) is 36.7. The van der Waals surface area contributed by atoms with Crippen LogP contribution in [0.15, 0.2) is 71.1 Å². The quantitative estimate of drug-likeness (QED) is 0.213. The van der Waals surface area contributed by atoms with Crippen molar-refractivity contribution in [2.45, 2.75) is 39.2 Å². The molecule has 0 spiro atoms. The lowest BCUT2D eigenvalue weighted by Gasteiger charge is -2.30. The number of non-ortho nitro benzene ring substituents is 1. The van der Waals surface area contributed by atoms with Gasteiger partial charge in [0.05, 0.1) is 35.2 Å². The minimum absolute atomic E-state index is 0.0665. The fraction of sp³-hybridized carbons (Fsp3) is 0.333. The van der Waals surface area contributed by atoms with Crippen molar-refractivity contribution in [2.24, 2.45) is 0 Å². The molecule has 0 bridgehead atoms. The van der Waals surface area contributed by atoms with E-state index in [0.29, 0.717) is 29.1 Å². The molecule has 0 fully saturated rings. The molecule has 2 unspecified atom stereocenters. The number of benzene rings is 2. The lowest BCUT2D eigenvalue weighted by atomic mass is 9.80. The van der Waals surface area contributed by atoms with Gasteiger partial charge in [0.15, 0.2) is 0 Å². The Morgan fingerprint density at radius 2 is 1.70 bits per heavy atom. The maximum absolute atomic E-state index is 13.2. The number of esters is 2. The maximum Gasteiger partial charge on any atom is 0.336 e. The summed E-state index contributed by atoms with van der Waals surface area (Å²) in [5.74, 6) is -1.70. The second-order valence-electron chi connectivity index (χ2n) is 8.66. The van der Waals surface area contributed by atoms with Crippen molar-refractivity contribution in [1.29, 1.82) is 0 Å². The summed E-state index contributed by atoms with van der Waals surface area (Å²) in [5.41, 5.74) is 2.42. The highest BCUT2D eigenvalue weighted by Crippen LogP contribution is 2.40. The predicted molar refractivity (Wildman–Crippen MR) is 135 cm³/mol. The molecule has 1 aliphatic rings. The third-order valence-electron chi connectivity index (χ3n) is 5.84. The van der Waals surface area contributed by atoms with Gasteiger partial charge in [0.25, 0.3) is 5.69 Å². The average Bonchev–Trinajstić information content (AvgIpc) is 2.86. The third kappa shape index (κ3) is 6.73. The average molecular weight is 511 g/mol. The van der Waals surface area contributed by atoms with Crippen LogP contribution >= 0.6 is 0 Å². The van der Waals surface area contributed by atoms with Gasteiger partial charge in [-0.05, 0) is 50.5 Å². The first-order valence-electron chi connectivity index (χ1n) is 11.7. The van der Waals surface area contributed by atoms with Crippen molar-refractivity contribution in [1.82, 2.24) is 5.32 Å². The topological polar surface area (TPSA) is 137 Å². The summed E-state index contributed by atoms with van der Waals surface area (Å²) < 4.78 is 16.1. The van der Waals surface area contributed by atoms with Gasteiger partial charge in [0.2, 0.25) is 0 Å². The normalized spacial score (nSPS) is 16.1. The number of rotatable bonds is 10. The van der Waals surface area contributed by atoms with Crippen LogP contribution in [0.25, 0.3) is 0 Å². The van der Waals surface area contributed by atoms with Gasteiger partial charge in [-0.15, -0.1) is 0 Å². The molecule has 0 aliphatic carbocycles. The van der Waals surface area contributed by atoms with Crippen molar-refractivity contribution in [3.05, 3.63) is 92.3 Å². The lowest BCUT2D eigenvalue weighted by Crippen LogP contribution is -2.32. The first kappa shape index (κ1) is 27.4. The van der Waals surface area contributed by atoms with Crippen molar-refractivity contribution in [3.8, 4) is 5.75 Å². The molecule has 10 heteroatoms. The first-order chi connectivity index (χ1) is 17.6. The van der Waals surface area contributed by atoms with Gasteiger partial charge in [-0.25, -0.2) is 9.59 Å². The van der Waals surface area contributed by atoms with E-state index in [1.165, 1.54) is 25.3 Å². The Hall–Kier alpha value is -4.18. The smallest absolute Gasteiger partial charge is 0.336 e. The molecule has 2 aromatic carbocycles. The Labute approximate surface area is 214 Å². The van der Waals surface area contributed by atoms with Crippen LogP contribution < -0.4 is 10.1 Å². The number of nitrogens with one attached hydrogen (secondary N) is 1. The van der Waals surface area contributed by atoms with Crippen molar-refractivity contribution < 1.29 is 33.8 Å². The fourth-order valence-corrected chi connectivity index (χ4v) is 4.23. The molecule has 3 rings (SSSR count). The number of nitrogens with zero attached hydrogens (tertiary/aromatic N) is 1. The van der Waals surface area contributed by atoms with Crippen molar-refractivity contribution in [2.75, 3.05) is 20.3 Å². The molecule has 2 atom stereocenters. The Morgan fingerprint density at radius 3 is 2.30 bits per heavy atom. The van der Waals surface area contributed by atoms with Crippen molar-refractivity contribution >= 4 is 17.6 Å². The first-order valence-corrected chi connectivity index (χ1v) is 11.7. The molecule has 2 N–H and O–H groups in total. The Balaban J connectivity index is 1.78. The van der Waals surface area contributed by atoms with Gasteiger partial charge in [-0.3, -0.25) is 10.1 Å². The van der Waals surface area contributed by atoms with Gasteiger partial charge in [-0.2, -0.15) is 0 Å². The number of methoxy groups -OCH3 is 1. The van der Waals surface area contributed by atoms with E-state index in [0.717, 1.165) is 5.56 Å². The molecule has 0 saturated heterocycles. The van der Waals surface area contributed by atoms with E-state index < -0.39 is 28.9 Å². The molecule has 1 aliphatic heterocycles. The van der Waals surface area contributed by atoms with E-state index in [4.69, 9.17) is 14.2 Å². The van der Waals surface area contributed by atoms with E-state index >= 15 is 0 Å². The minimum Gasteiger partial charge on any atom is -0.490 e. The standard InChI is InChI=1S/C27H30N2O8/c1-16(30)14-19-8-10-22(11-9-19)36-12-13-37-27(32)24-18(3)28-17(2)23(26(31)35-4)25(24)20-6-5-7-21(15-20)29(33)34/h5-11,15-16,25,28,30H,12-14H2,1-4H3.